The van der Waals surface area contributed by atoms with Crippen molar-refractivity contribution in [2.24, 2.45) is 0 Å². The molecule has 156 valence electrons. The van der Waals surface area contributed by atoms with E-state index in [1.165, 1.54) is 0 Å². The summed E-state index contributed by atoms with van der Waals surface area (Å²) in [6.45, 7) is 7.01. The predicted octanol–water partition coefficient (Wildman–Crippen LogP) is 2.09. The molecule has 0 saturated heterocycles. The maximum absolute atomic E-state index is 12.2. The highest BCUT2D eigenvalue weighted by atomic mass is 16.7. The number of carbonyl (C=O) groups is 1. The molecule has 9 nitrogen and oxygen atoms in total. The Bertz CT molecular complexity index is 1080. The summed E-state index contributed by atoms with van der Waals surface area (Å²) in [5, 5.41) is 10.6. The van der Waals surface area contributed by atoms with Crippen LogP contribution in [0.15, 0.2) is 30.3 Å². The van der Waals surface area contributed by atoms with Crippen molar-refractivity contribution in [1.29, 1.82) is 0 Å². The Balaban J connectivity index is 1.29. The summed E-state index contributed by atoms with van der Waals surface area (Å²) in [6, 6.07) is 9.38. The Labute approximate surface area is 174 Å². The molecule has 1 aliphatic heterocycles. The van der Waals surface area contributed by atoms with Gasteiger partial charge in [-0.05, 0) is 44.5 Å². The van der Waals surface area contributed by atoms with Crippen molar-refractivity contribution in [1.82, 2.24) is 25.1 Å². The zero-order valence-corrected chi connectivity index (χ0v) is 17.2. The molecule has 1 aliphatic rings. The number of benzene rings is 1. The number of nitrogens with zero attached hydrogens (tertiary/aromatic N) is 4. The number of hydrogen-bond acceptors (Lipinski definition) is 7. The predicted molar refractivity (Wildman–Crippen MR) is 111 cm³/mol. The van der Waals surface area contributed by atoms with Gasteiger partial charge in [0.05, 0.1) is 12.1 Å². The fraction of sp³-hybridized carbons (Fsp3) is 0.333. The van der Waals surface area contributed by atoms with E-state index in [9.17, 15) is 4.79 Å². The Kier molecular flexibility index (Phi) is 5.51. The highest BCUT2D eigenvalue weighted by Gasteiger charge is 2.14. The van der Waals surface area contributed by atoms with Crippen molar-refractivity contribution >= 4 is 11.7 Å². The summed E-state index contributed by atoms with van der Waals surface area (Å²) in [7, 11) is 0. The van der Waals surface area contributed by atoms with E-state index in [4.69, 9.17) is 9.47 Å². The summed E-state index contributed by atoms with van der Waals surface area (Å²) in [6.07, 6.45) is 0.283. The first kappa shape index (κ1) is 19.7. The van der Waals surface area contributed by atoms with E-state index in [1.807, 2.05) is 51.1 Å². The molecule has 0 saturated carbocycles. The number of rotatable bonds is 7. The molecule has 0 bridgehead atoms. The van der Waals surface area contributed by atoms with Crippen LogP contribution in [0, 0.1) is 20.8 Å². The minimum atomic E-state index is -0.0575. The number of hydrogen-bond donors (Lipinski definition) is 2. The Morgan fingerprint density at radius 1 is 1.07 bits per heavy atom. The van der Waals surface area contributed by atoms with Crippen LogP contribution in [0.5, 0.6) is 11.5 Å². The highest BCUT2D eigenvalue weighted by molar-refractivity contribution is 5.78. The Hall–Kier alpha value is -3.62. The van der Waals surface area contributed by atoms with Gasteiger partial charge in [-0.25, -0.2) is 14.6 Å². The molecule has 0 aliphatic carbocycles. The van der Waals surface area contributed by atoms with Crippen molar-refractivity contribution in [3.8, 4) is 17.3 Å². The largest absolute Gasteiger partial charge is 0.454 e. The van der Waals surface area contributed by atoms with Crippen LogP contribution in [0.3, 0.4) is 0 Å². The number of nitrogens with one attached hydrogen (secondary N) is 2. The van der Waals surface area contributed by atoms with Crippen LogP contribution in [0.4, 0.5) is 5.82 Å². The molecule has 2 N–H and O–H groups in total. The fourth-order valence-electron chi connectivity index (χ4n) is 3.30. The monoisotopic (exact) mass is 408 g/mol. The summed E-state index contributed by atoms with van der Waals surface area (Å²) in [5.74, 6) is 3.38. The first-order valence-corrected chi connectivity index (χ1v) is 9.76. The van der Waals surface area contributed by atoms with E-state index in [0.29, 0.717) is 42.0 Å². The molecule has 0 unspecified atom stereocenters. The molecule has 9 heteroatoms. The summed E-state index contributed by atoms with van der Waals surface area (Å²) < 4.78 is 12.4. The van der Waals surface area contributed by atoms with Crippen molar-refractivity contribution in [2.75, 3.05) is 25.2 Å². The molecule has 4 rings (SSSR count). The SMILES string of the molecule is Cc1cc(C)n(-c2cc(NCCNC(=O)Cc3ccc4c(c3)OCO4)nc(C)n2)n1. The van der Waals surface area contributed by atoms with Gasteiger partial charge < -0.3 is 20.1 Å². The second kappa shape index (κ2) is 8.40. The summed E-state index contributed by atoms with van der Waals surface area (Å²) in [4.78, 5) is 21.1. The molecule has 3 aromatic rings. The lowest BCUT2D eigenvalue weighted by molar-refractivity contribution is -0.120. The lowest BCUT2D eigenvalue weighted by Crippen LogP contribution is -2.30. The number of aryl methyl sites for hydroxylation is 3. The molecule has 0 atom stereocenters. The van der Waals surface area contributed by atoms with Crippen LogP contribution in [0.2, 0.25) is 0 Å². The number of fused-ring (bicyclic) bond motifs is 1. The van der Waals surface area contributed by atoms with Crippen LogP contribution in [0.25, 0.3) is 5.82 Å². The van der Waals surface area contributed by atoms with E-state index >= 15 is 0 Å². The third kappa shape index (κ3) is 4.51. The lowest BCUT2D eigenvalue weighted by atomic mass is 10.1. The topological polar surface area (TPSA) is 103 Å². The quantitative estimate of drug-likeness (QED) is 0.577. The van der Waals surface area contributed by atoms with Crippen LogP contribution in [0.1, 0.15) is 22.8 Å². The van der Waals surface area contributed by atoms with Gasteiger partial charge in [-0.1, -0.05) is 6.07 Å². The molecule has 1 amide bonds. The van der Waals surface area contributed by atoms with Gasteiger partial charge in [0, 0.05) is 24.8 Å². The molecule has 30 heavy (non-hydrogen) atoms. The fourth-order valence-corrected chi connectivity index (χ4v) is 3.30. The number of amides is 1. The normalized spacial score (nSPS) is 12.1. The Morgan fingerprint density at radius 3 is 2.70 bits per heavy atom. The van der Waals surface area contributed by atoms with E-state index in [2.05, 4.69) is 25.7 Å². The second-order valence-electron chi connectivity index (χ2n) is 7.14. The smallest absolute Gasteiger partial charge is 0.231 e. The van der Waals surface area contributed by atoms with Gasteiger partial charge in [-0.2, -0.15) is 5.10 Å². The van der Waals surface area contributed by atoms with Gasteiger partial charge in [-0.15, -0.1) is 0 Å². The highest BCUT2D eigenvalue weighted by Crippen LogP contribution is 2.32. The van der Waals surface area contributed by atoms with Crippen molar-refractivity contribution in [3.63, 3.8) is 0 Å². The molecule has 1 aromatic carbocycles. The minimum absolute atomic E-state index is 0.0575. The minimum Gasteiger partial charge on any atom is -0.454 e. The van der Waals surface area contributed by atoms with Crippen LogP contribution in [-0.4, -0.2) is 45.5 Å². The zero-order valence-electron chi connectivity index (χ0n) is 17.2. The number of ether oxygens (including phenoxy) is 2. The third-order valence-electron chi connectivity index (χ3n) is 4.61. The molecule has 0 fully saturated rings. The van der Waals surface area contributed by atoms with Crippen LogP contribution >= 0.6 is 0 Å². The van der Waals surface area contributed by atoms with E-state index in [1.54, 1.807) is 4.68 Å². The lowest BCUT2D eigenvalue weighted by Gasteiger charge is -2.10. The van der Waals surface area contributed by atoms with Gasteiger partial charge in [0.2, 0.25) is 12.7 Å². The number of aromatic nitrogens is 4. The van der Waals surface area contributed by atoms with E-state index < -0.39 is 0 Å². The van der Waals surface area contributed by atoms with Gasteiger partial charge in [0.15, 0.2) is 17.3 Å². The molecule has 3 heterocycles. The average molecular weight is 408 g/mol. The molecule has 0 spiro atoms. The number of carbonyl (C=O) groups excluding carboxylic acids is 1. The van der Waals surface area contributed by atoms with Crippen LogP contribution < -0.4 is 20.1 Å². The maximum atomic E-state index is 12.2. The molecular weight excluding hydrogens is 384 g/mol. The van der Waals surface area contributed by atoms with Gasteiger partial charge in [-0.3, -0.25) is 4.79 Å². The van der Waals surface area contributed by atoms with Crippen molar-refractivity contribution in [3.05, 3.63) is 53.1 Å². The number of anilines is 1. The van der Waals surface area contributed by atoms with Crippen molar-refractivity contribution < 1.29 is 14.3 Å². The Morgan fingerprint density at radius 2 is 1.90 bits per heavy atom. The van der Waals surface area contributed by atoms with Crippen molar-refractivity contribution in [2.45, 2.75) is 27.2 Å². The molecule has 2 aromatic heterocycles. The van der Waals surface area contributed by atoms with Gasteiger partial charge in [0.25, 0.3) is 0 Å². The molecule has 0 radical (unpaired) electrons. The maximum Gasteiger partial charge on any atom is 0.231 e. The third-order valence-corrected chi connectivity index (χ3v) is 4.61. The first-order chi connectivity index (χ1) is 14.5. The zero-order chi connectivity index (χ0) is 21.1. The van der Waals surface area contributed by atoms with E-state index in [-0.39, 0.29) is 19.1 Å². The first-order valence-electron chi connectivity index (χ1n) is 9.76. The van der Waals surface area contributed by atoms with E-state index in [0.717, 1.165) is 17.0 Å². The van der Waals surface area contributed by atoms with Gasteiger partial charge >= 0.3 is 0 Å². The van der Waals surface area contributed by atoms with Crippen LogP contribution in [-0.2, 0) is 11.2 Å². The van der Waals surface area contributed by atoms with Gasteiger partial charge in [0.1, 0.15) is 11.6 Å². The average Bonchev–Trinajstić information content (AvgIpc) is 3.30. The summed E-state index contributed by atoms with van der Waals surface area (Å²) >= 11 is 0. The molecular formula is C21H24N6O3. The summed E-state index contributed by atoms with van der Waals surface area (Å²) in [5.41, 5.74) is 2.82. The second-order valence-corrected chi connectivity index (χ2v) is 7.14. The standard InChI is InChI=1S/C21H24N6O3/c1-13-8-14(2)27(26-13)20-11-19(24-15(3)25-20)22-6-7-23-21(28)10-16-4-5-17-18(9-16)30-12-29-17/h4-5,8-9,11H,6-7,10,12H2,1-3H3,(H,23,28)(H,22,24,25).